The van der Waals surface area contributed by atoms with E-state index in [4.69, 9.17) is 0 Å². The minimum atomic E-state index is -0.634. The molecule has 0 heterocycles. The second-order valence-electron chi connectivity index (χ2n) is 4.30. The van der Waals surface area contributed by atoms with Crippen LogP contribution in [0.3, 0.4) is 0 Å². The van der Waals surface area contributed by atoms with E-state index in [9.17, 15) is 13.6 Å². The predicted octanol–water partition coefficient (Wildman–Crippen LogP) is 3.81. The van der Waals surface area contributed by atoms with Gasteiger partial charge in [0.2, 0.25) is 0 Å². The van der Waals surface area contributed by atoms with Gasteiger partial charge in [0, 0.05) is 0 Å². The first-order valence-corrected chi connectivity index (χ1v) is 5.56. The molecule has 18 heavy (non-hydrogen) atoms. The minimum Gasteiger partial charge on any atom is -0.288 e. The molecule has 0 radical (unpaired) electrons. The number of halogens is 2. The van der Waals surface area contributed by atoms with E-state index in [2.05, 4.69) is 0 Å². The van der Waals surface area contributed by atoms with Crippen molar-refractivity contribution in [2.45, 2.75) is 13.8 Å². The summed E-state index contributed by atoms with van der Waals surface area (Å²) >= 11 is 0. The van der Waals surface area contributed by atoms with Crippen molar-refractivity contribution in [3.63, 3.8) is 0 Å². The Labute approximate surface area is 104 Å². The first-order valence-electron chi connectivity index (χ1n) is 5.56. The number of carbonyl (C=O) groups excluding carboxylic acids is 1. The molecular formula is C15H12F2O. The van der Waals surface area contributed by atoms with Crippen LogP contribution in [0.4, 0.5) is 8.78 Å². The molecule has 0 aliphatic heterocycles. The number of ketones is 1. The number of benzene rings is 2. The molecule has 2 aromatic rings. The van der Waals surface area contributed by atoms with Crippen molar-refractivity contribution in [1.29, 1.82) is 0 Å². The number of carbonyl (C=O) groups is 1. The lowest BCUT2D eigenvalue weighted by Crippen LogP contribution is -2.07. The molecule has 0 aromatic heterocycles. The van der Waals surface area contributed by atoms with Gasteiger partial charge in [-0.3, -0.25) is 4.79 Å². The standard InChI is InChI=1S/C15H12F2O/c1-9-3-5-11(13(16)7-9)15(18)12-6-4-10(2)8-14(12)17/h3-8H,1-2H3. The molecule has 0 aliphatic rings. The van der Waals surface area contributed by atoms with E-state index in [1.807, 2.05) is 0 Å². The van der Waals surface area contributed by atoms with Gasteiger partial charge in [-0.15, -0.1) is 0 Å². The van der Waals surface area contributed by atoms with E-state index in [1.165, 1.54) is 24.3 Å². The Morgan fingerprint density at radius 1 is 0.833 bits per heavy atom. The maximum absolute atomic E-state index is 13.7. The molecule has 0 amide bonds. The molecule has 92 valence electrons. The van der Waals surface area contributed by atoms with Crippen molar-refractivity contribution >= 4 is 5.78 Å². The highest BCUT2D eigenvalue weighted by atomic mass is 19.1. The topological polar surface area (TPSA) is 17.1 Å². The van der Waals surface area contributed by atoms with Crippen LogP contribution < -0.4 is 0 Å². The fourth-order valence-corrected chi connectivity index (χ4v) is 1.75. The number of aryl methyl sites for hydroxylation is 2. The molecule has 0 saturated carbocycles. The first kappa shape index (κ1) is 12.4. The molecule has 0 atom stereocenters. The normalized spacial score (nSPS) is 10.4. The summed E-state index contributed by atoms with van der Waals surface area (Å²) in [5.74, 6) is -1.88. The van der Waals surface area contributed by atoms with Crippen LogP contribution in [0.25, 0.3) is 0 Å². The van der Waals surface area contributed by atoms with Crippen LogP contribution in [0.15, 0.2) is 36.4 Å². The van der Waals surface area contributed by atoms with Crippen LogP contribution in [-0.4, -0.2) is 5.78 Å². The summed E-state index contributed by atoms with van der Waals surface area (Å²) in [6.45, 7) is 3.45. The van der Waals surface area contributed by atoms with Crippen LogP contribution >= 0.6 is 0 Å². The zero-order valence-electron chi connectivity index (χ0n) is 10.1. The number of rotatable bonds is 2. The van der Waals surface area contributed by atoms with Gasteiger partial charge in [-0.1, -0.05) is 12.1 Å². The van der Waals surface area contributed by atoms with Crippen molar-refractivity contribution in [2.75, 3.05) is 0 Å². The van der Waals surface area contributed by atoms with Crippen LogP contribution in [-0.2, 0) is 0 Å². The van der Waals surface area contributed by atoms with E-state index in [1.54, 1.807) is 26.0 Å². The van der Waals surface area contributed by atoms with E-state index in [0.717, 1.165) is 0 Å². The predicted molar refractivity (Wildman–Crippen MR) is 65.7 cm³/mol. The van der Waals surface area contributed by atoms with Gasteiger partial charge in [-0.05, 0) is 49.2 Å². The van der Waals surface area contributed by atoms with Gasteiger partial charge in [0.1, 0.15) is 11.6 Å². The summed E-state index contributed by atoms with van der Waals surface area (Å²) in [6, 6.07) is 8.54. The number of hydrogen-bond acceptors (Lipinski definition) is 1. The average Bonchev–Trinajstić information content (AvgIpc) is 2.28. The third kappa shape index (κ3) is 2.30. The highest BCUT2D eigenvalue weighted by molar-refractivity contribution is 6.09. The molecule has 0 spiro atoms. The summed E-state index contributed by atoms with van der Waals surface area (Å²) in [7, 11) is 0. The van der Waals surface area contributed by atoms with E-state index < -0.39 is 17.4 Å². The lowest BCUT2D eigenvalue weighted by molar-refractivity contribution is 0.103. The molecule has 0 unspecified atom stereocenters. The van der Waals surface area contributed by atoms with Crippen molar-refractivity contribution < 1.29 is 13.6 Å². The van der Waals surface area contributed by atoms with Gasteiger partial charge in [0.25, 0.3) is 0 Å². The van der Waals surface area contributed by atoms with E-state index >= 15 is 0 Å². The maximum Gasteiger partial charge on any atom is 0.198 e. The fraction of sp³-hybridized carbons (Fsp3) is 0.133. The van der Waals surface area contributed by atoms with Gasteiger partial charge < -0.3 is 0 Å². The highest BCUT2D eigenvalue weighted by Crippen LogP contribution is 2.18. The largest absolute Gasteiger partial charge is 0.288 e. The molecule has 0 fully saturated rings. The fourth-order valence-electron chi connectivity index (χ4n) is 1.75. The third-order valence-electron chi connectivity index (χ3n) is 2.74. The molecular weight excluding hydrogens is 234 g/mol. The second kappa shape index (κ2) is 4.69. The molecule has 3 heteroatoms. The second-order valence-corrected chi connectivity index (χ2v) is 4.30. The van der Waals surface area contributed by atoms with Gasteiger partial charge in [0.05, 0.1) is 11.1 Å². The summed E-state index contributed by atoms with van der Waals surface area (Å²) in [6.07, 6.45) is 0. The molecule has 1 nitrogen and oxygen atoms in total. The monoisotopic (exact) mass is 246 g/mol. The number of hydrogen-bond donors (Lipinski definition) is 0. The Morgan fingerprint density at radius 3 is 1.56 bits per heavy atom. The van der Waals surface area contributed by atoms with Crippen LogP contribution in [0.1, 0.15) is 27.0 Å². The van der Waals surface area contributed by atoms with Gasteiger partial charge >= 0.3 is 0 Å². The average molecular weight is 246 g/mol. The van der Waals surface area contributed by atoms with Crippen LogP contribution in [0.5, 0.6) is 0 Å². The van der Waals surface area contributed by atoms with Gasteiger partial charge in [-0.25, -0.2) is 8.78 Å². The Hall–Kier alpha value is -2.03. The zero-order chi connectivity index (χ0) is 13.3. The molecule has 0 aliphatic carbocycles. The smallest absolute Gasteiger partial charge is 0.198 e. The minimum absolute atomic E-state index is 0.108. The van der Waals surface area contributed by atoms with Crippen LogP contribution in [0.2, 0.25) is 0 Å². The lowest BCUT2D eigenvalue weighted by Gasteiger charge is -2.05. The van der Waals surface area contributed by atoms with E-state index in [0.29, 0.717) is 11.1 Å². The molecule has 0 saturated heterocycles. The van der Waals surface area contributed by atoms with Crippen LogP contribution in [0, 0.1) is 25.5 Å². The molecule has 2 rings (SSSR count). The lowest BCUT2D eigenvalue weighted by atomic mass is 10.00. The molecule has 2 aromatic carbocycles. The molecule has 0 N–H and O–H groups in total. The Bertz CT molecular complexity index is 564. The van der Waals surface area contributed by atoms with E-state index in [-0.39, 0.29) is 11.1 Å². The van der Waals surface area contributed by atoms with Crippen molar-refractivity contribution in [2.24, 2.45) is 0 Å². The Morgan fingerprint density at radius 2 is 1.22 bits per heavy atom. The van der Waals surface area contributed by atoms with Crippen molar-refractivity contribution in [3.05, 3.63) is 70.3 Å². The summed E-state index contributed by atoms with van der Waals surface area (Å²) in [4.78, 5) is 12.0. The zero-order valence-corrected chi connectivity index (χ0v) is 10.1. The first-order chi connectivity index (χ1) is 8.49. The summed E-state index contributed by atoms with van der Waals surface area (Å²) in [5.41, 5.74) is 1.22. The van der Waals surface area contributed by atoms with Gasteiger partial charge in [0.15, 0.2) is 5.78 Å². The Kier molecular flexibility index (Phi) is 3.24. The maximum atomic E-state index is 13.7. The van der Waals surface area contributed by atoms with Gasteiger partial charge in [-0.2, -0.15) is 0 Å². The SMILES string of the molecule is Cc1ccc(C(=O)c2ccc(C)cc2F)c(F)c1. The Balaban J connectivity index is 2.48. The van der Waals surface area contributed by atoms with Crippen molar-refractivity contribution in [3.8, 4) is 0 Å². The molecule has 0 bridgehead atoms. The van der Waals surface area contributed by atoms with Crippen molar-refractivity contribution in [1.82, 2.24) is 0 Å². The summed E-state index contributed by atoms with van der Waals surface area (Å²) < 4.78 is 27.3. The third-order valence-corrected chi connectivity index (χ3v) is 2.74. The quantitative estimate of drug-likeness (QED) is 0.736. The highest BCUT2D eigenvalue weighted by Gasteiger charge is 2.17. The summed E-state index contributed by atoms with van der Waals surface area (Å²) in [5, 5.41) is 0.